The highest BCUT2D eigenvalue weighted by Gasteiger charge is 2.02. The van der Waals surface area contributed by atoms with Crippen molar-refractivity contribution in [3.63, 3.8) is 0 Å². The number of esters is 1. The van der Waals surface area contributed by atoms with Crippen LogP contribution in [0.15, 0.2) is 0 Å². The first kappa shape index (κ1) is 11.4. The summed E-state index contributed by atoms with van der Waals surface area (Å²) in [5.74, 6) is -0.209. The third-order valence-electron chi connectivity index (χ3n) is 1.16. The third kappa shape index (κ3) is 7.54. The van der Waals surface area contributed by atoms with E-state index in [9.17, 15) is 4.79 Å². The topological polar surface area (TPSA) is 35.5 Å². The summed E-state index contributed by atoms with van der Waals surface area (Å²) < 4.78 is 9.97. The minimum Gasteiger partial charge on any atom is -0.466 e. The summed E-state index contributed by atoms with van der Waals surface area (Å²) in [4.78, 5) is 10.9. The molecule has 0 spiro atoms. The molecule has 0 rings (SSSR count). The zero-order chi connectivity index (χ0) is 9.40. The van der Waals surface area contributed by atoms with E-state index >= 15 is 0 Å². The number of hydrogen-bond donors (Lipinski definition) is 0. The molecule has 0 aliphatic heterocycles. The fraction of sp³-hybridized carbons (Fsp3) is 0.778. The van der Waals surface area contributed by atoms with Crippen LogP contribution in [0.25, 0.3) is 0 Å². The minimum atomic E-state index is -0.209. The Morgan fingerprint density at radius 1 is 1.42 bits per heavy atom. The number of rotatable bonds is 6. The number of carbonyl (C=O) groups is 1. The van der Waals surface area contributed by atoms with Gasteiger partial charge < -0.3 is 9.47 Å². The molecule has 0 aromatic carbocycles. The van der Waals surface area contributed by atoms with E-state index in [4.69, 9.17) is 9.47 Å². The molecule has 0 aromatic rings. The number of carbonyl (C=O) groups excluding carboxylic acids is 1. The van der Waals surface area contributed by atoms with E-state index in [0.29, 0.717) is 26.1 Å². The van der Waals surface area contributed by atoms with E-state index < -0.39 is 0 Å². The quantitative estimate of drug-likeness (QED) is 0.572. The molecule has 0 atom stereocenters. The number of ether oxygens (including phenoxy) is 2. The van der Waals surface area contributed by atoms with Crippen molar-refractivity contribution < 1.29 is 14.3 Å². The summed E-state index contributed by atoms with van der Waals surface area (Å²) >= 11 is 0. The highest BCUT2D eigenvalue weighted by Crippen LogP contribution is 1.93. The molecule has 0 amide bonds. The zero-order valence-electron chi connectivity index (χ0n) is 7.84. The molecule has 12 heavy (non-hydrogen) atoms. The van der Waals surface area contributed by atoms with Crippen LogP contribution < -0.4 is 0 Å². The molecular weight excluding hydrogens is 156 g/mol. The van der Waals surface area contributed by atoms with Crippen molar-refractivity contribution >= 4 is 5.97 Å². The van der Waals surface area contributed by atoms with Crippen molar-refractivity contribution in [3.8, 4) is 0 Å². The first-order valence-electron chi connectivity index (χ1n) is 4.23. The van der Waals surface area contributed by atoms with Gasteiger partial charge in [-0.2, -0.15) is 0 Å². The van der Waals surface area contributed by atoms with Crippen LogP contribution in [0.2, 0.25) is 0 Å². The number of hydrogen-bond acceptors (Lipinski definition) is 3. The van der Waals surface area contributed by atoms with E-state index in [0.717, 1.165) is 0 Å². The summed E-state index contributed by atoms with van der Waals surface area (Å²) in [6.07, 6.45) is 1.13. The van der Waals surface area contributed by atoms with Crippen LogP contribution in [-0.4, -0.2) is 25.3 Å². The molecule has 0 saturated carbocycles. The Morgan fingerprint density at radius 2 is 2.08 bits per heavy atom. The Hall–Kier alpha value is -0.570. The van der Waals surface area contributed by atoms with Crippen LogP contribution in [0.3, 0.4) is 0 Å². The fourth-order valence-corrected chi connectivity index (χ4v) is 0.636. The van der Waals surface area contributed by atoms with Gasteiger partial charge in [-0.25, -0.2) is 0 Å². The average molecular weight is 173 g/mol. The van der Waals surface area contributed by atoms with Gasteiger partial charge in [-0.15, -0.1) is 0 Å². The maximum absolute atomic E-state index is 10.9. The second-order valence-corrected chi connectivity index (χ2v) is 2.74. The van der Waals surface area contributed by atoms with Gasteiger partial charge in [0, 0.05) is 0 Å². The van der Waals surface area contributed by atoms with E-state index in [-0.39, 0.29) is 12.1 Å². The molecule has 3 nitrogen and oxygen atoms in total. The average Bonchev–Trinajstić information content (AvgIpc) is 2.00. The van der Waals surface area contributed by atoms with Gasteiger partial charge in [0.25, 0.3) is 0 Å². The van der Waals surface area contributed by atoms with Crippen LogP contribution in [0.4, 0.5) is 0 Å². The molecule has 0 fully saturated rings. The van der Waals surface area contributed by atoms with Crippen LogP contribution in [-0.2, 0) is 14.3 Å². The van der Waals surface area contributed by atoms with Crippen molar-refractivity contribution in [2.24, 2.45) is 0 Å². The second-order valence-electron chi connectivity index (χ2n) is 2.74. The summed E-state index contributed by atoms with van der Waals surface area (Å²) in [6.45, 7) is 8.26. The smallest absolute Gasteiger partial charge is 0.308 e. The molecule has 0 saturated heterocycles. The van der Waals surface area contributed by atoms with Crippen LogP contribution in [0.1, 0.15) is 26.7 Å². The Labute approximate surface area is 74.0 Å². The highest BCUT2D eigenvalue weighted by molar-refractivity contribution is 5.69. The first-order valence-corrected chi connectivity index (χ1v) is 4.23. The van der Waals surface area contributed by atoms with Gasteiger partial charge in [0.05, 0.1) is 25.7 Å². The van der Waals surface area contributed by atoms with E-state index in [1.165, 1.54) is 0 Å². The van der Waals surface area contributed by atoms with Crippen molar-refractivity contribution in [1.82, 2.24) is 0 Å². The Balaban J connectivity index is 3.20. The van der Waals surface area contributed by atoms with Crippen molar-refractivity contribution in [3.05, 3.63) is 6.92 Å². The van der Waals surface area contributed by atoms with E-state index in [2.05, 4.69) is 6.92 Å². The van der Waals surface area contributed by atoms with Gasteiger partial charge in [-0.05, 0) is 27.2 Å². The van der Waals surface area contributed by atoms with Crippen molar-refractivity contribution in [2.45, 2.75) is 32.8 Å². The predicted molar refractivity (Wildman–Crippen MR) is 46.6 cm³/mol. The monoisotopic (exact) mass is 173 g/mol. The largest absolute Gasteiger partial charge is 0.466 e. The summed E-state index contributed by atoms with van der Waals surface area (Å²) in [5, 5.41) is 0. The first-order chi connectivity index (χ1) is 5.66. The fourth-order valence-electron chi connectivity index (χ4n) is 0.636. The highest BCUT2D eigenvalue weighted by atomic mass is 16.5. The lowest BCUT2D eigenvalue weighted by atomic mass is 10.4. The minimum absolute atomic E-state index is 0.172. The van der Waals surface area contributed by atoms with Crippen LogP contribution in [0, 0.1) is 6.92 Å². The molecule has 1 radical (unpaired) electrons. The van der Waals surface area contributed by atoms with Gasteiger partial charge in [-0.1, -0.05) is 0 Å². The zero-order valence-corrected chi connectivity index (χ0v) is 7.84. The molecule has 0 aromatic heterocycles. The molecule has 0 aliphatic carbocycles. The summed E-state index contributed by atoms with van der Waals surface area (Å²) in [7, 11) is 0. The van der Waals surface area contributed by atoms with Crippen molar-refractivity contribution in [1.29, 1.82) is 0 Å². The third-order valence-corrected chi connectivity index (χ3v) is 1.16. The van der Waals surface area contributed by atoms with Crippen LogP contribution >= 0.6 is 0 Å². The summed E-state index contributed by atoms with van der Waals surface area (Å²) in [6, 6.07) is 0. The Morgan fingerprint density at radius 3 is 2.58 bits per heavy atom. The molecule has 0 aliphatic rings. The Kier molecular flexibility index (Phi) is 6.76. The second kappa shape index (κ2) is 7.10. The van der Waals surface area contributed by atoms with E-state index in [1.54, 1.807) is 0 Å². The van der Waals surface area contributed by atoms with E-state index in [1.807, 2.05) is 13.8 Å². The lowest BCUT2D eigenvalue weighted by Gasteiger charge is -2.06. The normalized spacial score (nSPS) is 10.3. The van der Waals surface area contributed by atoms with Gasteiger partial charge in [0.15, 0.2) is 0 Å². The molecular formula is C9H17O3. The standard InChI is InChI=1S/C9H17O3/c1-4-6-12-9(10)5-7-11-8(2)3/h8H,1,4-7H2,2-3H3. The van der Waals surface area contributed by atoms with Gasteiger partial charge in [0.2, 0.25) is 0 Å². The van der Waals surface area contributed by atoms with Crippen LogP contribution in [0.5, 0.6) is 0 Å². The maximum atomic E-state index is 10.9. The maximum Gasteiger partial charge on any atom is 0.308 e. The molecule has 0 heterocycles. The molecule has 71 valence electrons. The SMILES string of the molecule is [CH2]CCOC(=O)CCOC(C)C. The Bertz CT molecular complexity index is 121. The lowest BCUT2D eigenvalue weighted by molar-refractivity contribution is -0.145. The van der Waals surface area contributed by atoms with Gasteiger partial charge in [0.1, 0.15) is 0 Å². The molecule has 0 N–H and O–H groups in total. The predicted octanol–water partition coefficient (Wildman–Crippen LogP) is 1.57. The summed E-state index contributed by atoms with van der Waals surface area (Å²) in [5.41, 5.74) is 0. The van der Waals surface area contributed by atoms with Gasteiger partial charge >= 0.3 is 5.97 Å². The molecule has 3 heteroatoms. The van der Waals surface area contributed by atoms with Crippen molar-refractivity contribution in [2.75, 3.05) is 13.2 Å². The molecule has 0 bridgehead atoms. The molecule has 0 unspecified atom stereocenters. The van der Waals surface area contributed by atoms with Gasteiger partial charge in [-0.3, -0.25) is 4.79 Å². The lowest BCUT2D eigenvalue weighted by Crippen LogP contribution is -2.11.